The van der Waals surface area contributed by atoms with Crippen molar-refractivity contribution in [2.75, 3.05) is 18.0 Å². The Morgan fingerprint density at radius 1 is 1.47 bits per heavy atom. The molecule has 0 spiro atoms. The molecule has 1 aromatic rings. The van der Waals surface area contributed by atoms with Gasteiger partial charge in [-0.25, -0.2) is 4.98 Å². The molecule has 1 aliphatic heterocycles. The summed E-state index contributed by atoms with van der Waals surface area (Å²) >= 11 is 1.58. The quantitative estimate of drug-likeness (QED) is 0.770. The van der Waals surface area contributed by atoms with Gasteiger partial charge in [-0.05, 0) is 25.2 Å². The summed E-state index contributed by atoms with van der Waals surface area (Å²) in [7, 11) is 0. The Bertz CT molecular complexity index is 425. The van der Waals surface area contributed by atoms with E-state index in [2.05, 4.69) is 11.8 Å². The van der Waals surface area contributed by atoms with Gasteiger partial charge in [-0.1, -0.05) is 24.7 Å². The Hall–Kier alpha value is -0.900. The van der Waals surface area contributed by atoms with Crippen LogP contribution in [0.15, 0.2) is 0 Å². The van der Waals surface area contributed by atoms with Gasteiger partial charge in [0.15, 0.2) is 11.4 Å². The maximum atomic E-state index is 11.1. The van der Waals surface area contributed by atoms with Crippen molar-refractivity contribution in [1.29, 1.82) is 0 Å². The van der Waals surface area contributed by atoms with Gasteiger partial charge in [0.05, 0.1) is 10.6 Å². The average Bonchev–Trinajstić information content (AvgIpc) is 2.95. The molecule has 0 bridgehead atoms. The fourth-order valence-corrected chi connectivity index (χ4v) is 3.54. The highest BCUT2D eigenvalue weighted by Gasteiger charge is 2.31. The van der Waals surface area contributed by atoms with Crippen LogP contribution in [0.2, 0.25) is 0 Å². The number of rotatable bonds is 4. The van der Waals surface area contributed by atoms with Crippen LogP contribution in [0.25, 0.3) is 0 Å². The largest absolute Gasteiger partial charge is 0.348 e. The molecule has 2 heterocycles. The maximum Gasteiger partial charge on any atom is 0.186 e. The second-order valence-corrected chi connectivity index (χ2v) is 6.16. The lowest BCUT2D eigenvalue weighted by Gasteiger charge is -2.13. The van der Waals surface area contributed by atoms with E-state index in [9.17, 15) is 4.79 Å². The van der Waals surface area contributed by atoms with Gasteiger partial charge in [0.25, 0.3) is 0 Å². The molecule has 3 nitrogen and oxygen atoms in total. The van der Waals surface area contributed by atoms with E-state index in [4.69, 9.17) is 4.98 Å². The Kier molecular flexibility index (Phi) is 2.90. The van der Waals surface area contributed by atoms with E-state index < -0.39 is 0 Å². The fourth-order valence-electron chi connectivity index (χ4n) is 2.54. The predicted octanol–water partition coefficient (Wildman–Crippen LogP) is 3.07. The van der Waals surface area contributed by atoms with Crippen LogP contribution < -0.4 is 4.90 Å². The van der Waals surface area contributed by atoms with Crippen LogP contribution in [-0.4, -0.2) is 24.4 Å². The van der Waals surface area contributed by atoms with Gasteiger partial charge in [0.1, 0.15) is 0 Å². The third kappa shape index (κ3) is 2.10. The Morgan fingerprint density at radius 2 is 2.29 bits per heavy atom. The van der Waals surface area contributed by atoms with Gasteiger partial charge >= 0.3 is 0 Å². The Morgan fingerprint density at radius 3 is 2.88 bits per heavy atom. The first-order valence-electron chi connectivity index (χ1n) is 6.52. The summed E-state index contributed by atoms with van der Waals surface area (Å²) in [6.07, 6.45) is 5.93. The minimum absolute atomic E-state index is 0.574. The molecule has 0 radical (unpaired) electrons. The Labute approximate surface area is 106 Å². The van der Waals surface area contributed by atoms with Crippen molar-refractivity contribution >= 4 is 22.8 Å². The number of carbonyl (C=O) groups excluding carboxylic acids is 1. The van der Waals surface area contributed by atoms with Crippen LogP contribution in [0, 0.1) is 5.92 Å². The van der Waals surface area contributed by atoms with Crippen molar-refractivity contribution in [2.24, 2.45) is 5.92 Å². The first-order valence-corrected chi connectivity index (χ1v) is 7.34. The third-order valence-corrected chi connectivity index (χ3v) is 4.93. The van der Waals surface area contributed by atoms with Crippen molar-refractivity contribution in [3.8, 4) is 0 Å². The van der Waals surface area contributed by atoms with Crippen molar-refractivity contribution in [2.45, 2.75) is 38.5 Å². The molecule has 1 aliphatic carbocycles. The summed E-state index contributed by atoms with van der Waals surface area (Å²) in [5.41, 5.74) is 1.07. The van der Waals surface area contributed by atoms with Gasteiger partial charge in [-0.15, -0.1) is 0 Å². The molecule has 1 atom stereocenters. The normalized spacial score (nSPS) is 24.3. The second-order valence-electron chi connectivity index (χ2n) is 5.15. The molecule has 17 heavy (non-hydrogen) atoms. The van der Waals surface area contributed by atoms with Crippen LogP contribution in [-0.2, 0) is 0 Å². The van der Waals surface area contributed by atoms with Gasteiger partial charge in [-0.3, -0.25) is 4.79 Å². The number of aromatic nitrogens is 1. The molecular formula is C13H18N2OS. The number of thiazole rings is 1. The molecule has 1 saturated carbocycles. The van der Waals surface area contributed by atoms with Crippen LogP contribution in [0.1, 0.15) is 53.9 Å². The van der Waals surface area contributed by atoms with Gasteiger partial charge in [0.2, 0.25) is 0 Å². The lowest BCUT2D eigenvalue weighted by atomic mass is 10.1. The number of carbonyl (C=O) groups is 1. The second kappa shape index (κ2) is 4.41. The van der Waals surface area contributed by atoms with Crippen molar-refractivity contribution in [1.82, 2.24) is 4.98 Å². The molecule has 4 heteroatoms. The van der Waals surface area contributed by atoms with Gasteiger partial charge in [-0.2, -0.15) is 0 Å². The highest BCUT2D eigenvalue weighted by atomic mass is 32.1. The first kappa shape index (κ1) is 11.2. The van der Waals surface area contributed by atoms with Crippen LogP contribution in [0.4, 0.5) is 5.13 Å². The number of anilines is 1. The maximum absolute atomic E-state index is 11.1. The molecule has 2 aliphatic rings. The number of nitrogens with zero attached hydrogens (tertiary/aromatic N) is 2. The van der Waals surface area contributed by atoms with Crippen molar-refractivity contribution in [3.05, 3.63) is 10.6 Å². The van der Waals surface area contributed by atoms with Gasteiger partial charge < -0.3 is 4.90 Å². The van der Waals surface area contributed by atoms with Crippen molar-refractivity contribution < 1.29 is 4.79 Å². The predicted molar refractivity (Wildman–Crippen MR) is 70.1 cm³/mol. The number of hydrogen-bond donors (Lipinski definition) is 0. The molecule has 2 fully saturated rings. The van der Waals surface area contributed by atoms with Crippen molar-refractivity contribution in [3.63, 3.8) is 0 Å². The van der Waals surface area contributed by atoms with E-state index in [1.807, 2.05) is 0 Å². The van der Waals surface area contributed by atoms with Crippen LogP contribution in [0.5, 0.6) is 0 Å². The zero-order valence-corrected chi connectivity index (χ0v) is 11.0. The van der Waals surface area contributed by atoms with E-state index in [1.165, 1.54) is 25.7 Å². The SMILES string of the molecule is CCC1CCN(c2nc(C3CC3)c(C=O)s2)C1. The molecule has 0 amide bonds. The lowest BCUT2D eigenvalue weighted by molar-refractivity contribution is 0.112. The van der Waals surface area contributed by atoms with E-state index in [0.717, 1.165) is 41.0 Å². The highest BCUT2D eigenvalue weighted by Crippen LogP contribution is 2.44. The topological polar surface area (TPSA) is 33.2 Å². The summed E-state index contributed by atoms with van der Waals surface area (Å²) in [5, 5.41) is 1.07. The standard InChI is InChI=1S/C13H18N2OS/c1-2-9-5-6-15(7-9)13-14-12(10-3-4-10)11(8-16)17-13/h8-10H,2-7H2,1H3. The van der Waals surface area contributed by atoms with Crippen LogP contribution >= 0.6 is 11.3 Å². The number of aldehydes is 1. The molecule has 0 aromatic carbocycles. The van der Waals surface area contributed by atoms with E-state index in [0.29, 0.717) is 5.92 Å². The summed E-state index contributed by atoms with van der Waals surface area (Å²) in [5.74, 6) is 1.38. The fraction of sp³-hybridized carbons (Fsp3) is 0.692. The molecule has 92 valence electrons. The molecule has 1 aromatic heterocycles. The third-order valence-electron chi connectivity index (χ3n) is 3.87. The average molecular weight is 250 g/mol. The van der Waals surface area contributed by atoms with E-state index >= 15 is 0 Å². The number of hydrogen-bond acceptors (Lipinski definition) is 4. The summed E-state index contributed by atoms with van der Waals surface area (Å²) in [6.45, 7) is 4.48. The molecule has 0 N–H and O–H groups in total. The lowest BCUT2D eigenvalue weighted by Crippen LogP contribution is -2.19. The first-order chi connectivity index (χ1) is 8.31. The molecule has 1 unspecified atom stereocenters. The summed E-state index contributed by atoms with van der Waals surface area (Å²) < 4.78 is 0. The summed E-state index contributed by atoms with van der Waals surface area (Å²) in [4.78, 5) is 19.0. The monoisotopic (exact) mass is 250 g/mol. The van der Waals surface area contributed by atoms with Gasteiger partial charge in [0, 0.05) is 19.0 Å². The smallest absolute Gasteiger partial charge is 0.186 e. The highest BCUT2D eigenvalue weighted by molar-refractivity contribution is 7.17. The zero-order chi connectivity index (χ0) is 11.8. The molecular weight excluding hydrogens is 232 g/mol. The zero-order valence-electron chi connectivity index (χ0n) is 10.2. The molecule has 1 saturated heterocycles. The van der Waals surface area contributed by atoms with Crippen LogP contribution in [0.3, 0.4) is 0 Å². The minimum atomic E-state index is 0.574. The van der Waals surface area contributed by atoms with E-state index in [-0.39, 0.29) is 0 Å². The van der Waals surface area contributed by atoms with E-state index in [1.54, 1.807) is 11.3 Å². The Balaban J connectivity index is 1.81. The minimum Gasteiger partial charge on any atom is -0.348 e. The summed E-state index contributed by atoms with van der Waals surface area (Å²) in [6, 6.07) is 0. The molecule has 3 rings (SSSR count).